The zero-order chi connectivity index (χ0) is 27.0. The maximum Gasteiger partial charge on any atom is 1.00 e. The number of sulfonamides is 1. The number of nitrogens with zero attached hydrogens (tertiary/aromatic N) is 3. The minimum Gasteiger partial charge on any atom is -0.870 e. The molecule has 8 nitrogen and oxygen atoms in total. The SMILES string of the molecule is COc1cc(C([O-])=NS(=O)(=O)c2ccc(-n3nc(C(F)(F)F)cc3-c3ccc(C)cc3)cc2)ccc1[O-].[Na+].[Na+]. The van der Waals surface area contributed by atoms with Crippen LogP contribution in [0.25, 0.3) is 16.9 Å². The van der Waals surface area contributed by atoms with Crippen molar-refractivity contribution in [3.63, 3.8) is 0 Å². The number of halogens is 3. The van der Waals surface area contributed by atoms with Crippen molar-refractivity contribution in [1.29, 1.82) is 0 Å². The van der Waals surface area contributed by atoms with Gasteiger partial charge in [0.25, 0.3) is 10.0 Å². The van der Waals surface area contributed by atoms with E-state index in [2.05, 4.69) is 9.50 Å². The van der Waals surface area contributed by atoms with Crippen LogP contribution in [0.1, 0.15) is 16.8 Å². The summed E-state index contributed by atoms with van der Waals surface area (Å²) in [7, 11) is -3.25. The number of hydrogen-bond donors (Lipinski definition) is 0. The molecule has 0 amide bonds. The molecule has 0 radical (unpaired) electrons. The zero-order valence-corrected chi connectivity index (χ0v) is 26.2. The van der Waals surface area contributed by atoms with E-state index in [9.17, 15) is 31.8 Å². The van der Waals surface area contributed by atoms with Crippen molar-refractivity contribution in [2.24, 2.45) is 4.40 Å². The summed E-state index contributed by atoms with van der Waals surface area (Å²) in [5, 5.41) is 27.7. The first-order valence-corrected chi connectivity index (χ1v) is 12.1. The molecule has 1 aromatic heterocycles. The number of rotatable bonds is 6. The molecular formula is C25H18F3N3Na2O5S. The predicted octanol–water partition coefficient (Wildman–Crippen LogP) is -2.55. The Kier molecular flexibility index (Phi) is 10.9. The zero-order valence-electron chi connectivity index (χ0n) is 21.4. The van der Waals surface area contributed by atoms with E-state index in [1.807, 2.05) is 6.92 Å². The van der Waals surface area contributed by atoms with Gasteiger partial charge in [0.15, 0.2) is 5.69 Å². The van der Waals surface area contributed by atoms with E-state index in [1.54, 1.807) is 24.3 Å². The van der Waals surface area contributed by atoms with Gasteiger partial charge in [-0.25, -0.2) is 4.68 Å². The Morgan fingerprint density at radius 2 is 1.59 bits per heavy atom. The van der Waals surface area contributed by atoms with E-state index in [1.165, 1.54) is 19.2 Å². The minimum atomic E-state index is -4.69. The molecule has 0 saturated carbocycles. The molecule has 192 valence electrons. The van der Waals surface area contributed by atoms with Crippen LogP contribution in [-0.4, -0.2) is 31.2 Å². The summed E-state index contributed by atoms with van der Waals surface area (Å²) in [6.07, 6.45) is -4.69. The summed E-state index contributed by atoms with van der Waals surface area (Å²) >= 11 is 0. The van der Waals surface area contributed by atoms with E-state index >= 15 is 0 Å². The van der Waals surface area contributed by atoms with Crippen LogP contribution < -0.4 is 74.1 Å². The van der Waals surface area contributed by atoms with Crippen molar-refractivity contribution in [2.45, 2.75) is 18.0 Å². The third kappa shape index (κ3) is 7.46. The Balaban J connectivity index is 0.00000267. The van der Waals surface area contributed by atoms with Gasteiger partial charge in [-0.3, -0.25) is 0 Å². The van der Waals surface area contributed by atoms with Crippen LogP contribution >= 0.6 is 0 Å². The van der Waals surface area contributed by atoms with Gasteiger partial charge in [0.1, 0.15) is 5.75 Å². The molecule has 0 bridgehead atoms. The Morgan fingerprint density at radius 1 is 0.974 bits per heavy atom. The summed E-state index contributed by atoms with van der Waals surface area (Å²) in [6, 6.07) is 15.7. The third-order valence-electron chi connectivity index (χ3n) is 5.34. The van der Waals surface area contributed by atoms with Gasteiger partial charge in [-0.05, 0) is 48.9 Å². The van der Waals surface area contributed by atoms with Crippen LogP contribution in [0.2, 0.25) is 0 Å². The van der Waals surface area contributed by atoms with Crippen LogP contribution in [0.5, 0.6) is 11.5 Å². The molecule has 14 heteroatoms. The number of benzene rings is 3. The van der Waals surface area contributed by atoms with Gasteiger partial charge in [0, 0.05) is 11.5 Å². The number of ether oxygens (including phenoxy) is 1. The van der Waals surface area contributed by atoms with E-state index in [-0.39, 0.29) is 86.7 Å². The Labute approximate surface area is 266 Å². The molecule has 4 aromatic rings. The van der Waals surface area contributed by atoms with Crippen molar-refractivity contribution in [3.05, 3.63) is 89.6 Å². The van der Waals surface area contributed by atoms with E-state index in [0.29, 0.717) is 5.56 Å². The third-order valence-corrected chi connectivity index (χ3v) is 6.61. The van der Waals surface area contributed by atoms with Crippen molar-refractivity contribution in [1.82, 2.24) is 9.78 Å². The molecule has 0 fully saturated rings. The molecular weight excluding hydrogens is 557 g/mol. The van der Waals surface area contributed by atoms with Gasteiger partial charge in [-0.2, -0.15) is 31.1 Å². The fourth-order valence-corrected chi connectivity index (χ4v) is 4.33. The van der Waals surface area contributed by atoms with Crippen LogP contribution in [0.15, 0.2) is 82.1 Å². The summed E-state index contributed by atoms with van der Waals surface area (Å²) in [5.41, 5.74) is 0.424. The smallest absolute Gasteiger partial charge is 0.870 e. The van der Waals surface area contributed by atoms with Crippen LogP contribution in [0, 0.1) is 6.92 Å². The number of aromatic nitrogens is 2. The fraction of sp³-hybridized carbons (Fsp3) is 0.120. The standard InChI is InChI=1S/C25H20F3N3O5S.2Na/c1-15-3-5-16(6-4-15)20-14-23(25(26,27)28)29-31(20)18-8-10-19(11-9-18)37(34,35)30-24(33)17-7-12-21(32)22(13-17)36-2;;/h3-14,32H,1-2H3,(H,30,33);;/q;2*+1/p-2. The van der Waals surface area contributed by atoms with Crippen LogP contribution in [0.3, 0.4) is 0 Å². The predicted molar refractivity (Wildman–Crippen MR) is 125 cm³/mol. The van der Waals surface area contributed by atoms with Crippen LogP contribution in [-0.2, 0) is 16.2 Å². The first kappa shape index (κ1) is 32.9. The fourth-order valence-electron chi connectivity index (χ4n) is 3.42. The van der Waals surface area contributed by atoms with Crippen LogP contribution in [0.4, 0.5) is 13.2 Å². The molecule has 4 rings (SSSR count). The Bertz CT molecular complexity index is 1590. The Morgan fingerprint density at radius 3 is 2.15 bits per heavy atom. The maximum atomic E-state index is 13.4. The van der Waals surface area contributed by atoms with Crippen molar-refractivity contribution < 1.29 is 95.7 Å². The summed E-state index contributed by atoms with van der Waals surface area (Å²) in [4.78, 5) is -0.364. The van der Waals surface area contributed by atoms with Gasteiger partial charge in [0.05, 0.1) is 23.4 Å². The molecule has 0 atom stereocenters. The van der Waals surface area contributed by atoms with Gasteiger partial charge >= 0.3 is 65.3 Å². The number of alkyl halides is 3. The average molecular weight is 575 g/mol. The van der Waals surface area contributed by atoms with Crippen molar-refractivity contribution >= 4 is 15.9 Å². The molecule has 3 aromatic carbocycles. The molecule has 0 aliphatic heterocycles. The molecule has 0 aliphatic carbocycles. The van der Waals surface area contributed by atoms with Crippen molar-refractivity contribution in [3.8, 4) is 28.4 Å². The van der Waals surface area contributed by atoms with Gasteiger partial charge in [-0.15, -0.1) is 0 Å². The van der Waals surface area contributed by atoms with E-state index in [4.69, 9.17) is 4.74 Å². The van der Waals surface area contributed by atoms with E-state index < -0.39 is 33.5 Å². The first-order chi connectivity index (χ1) is 17.4. The molecule has 39 heavy (non-hydrogen) atoms. The summed E-state index contributed by atoms with van der Waals surface area (Å²) in [6.45, 7) is 1.84. The summed E-state index contributed by atoms with van der Waals surface area (Å²) in [5.74, 6) is -1.76. The van der Waals surface area contributed by atoms with Gasteiger partial charge in [0.2, 0.25) is 0 Å². The normalized spacial score (nSPS) is 11.9. The average Bonchev–Trinajstić information content (AvgIpc) is 3.31. The topological polar surface area (TPSA) is 120 Å². The first-order valence-electron chi connectivity index (χ1n) is 10.6. The largest absolute Gasteiger partial charge is 1.00 e. The second-order valence-corrected chi connectivity index (χ2v) is 9.53. The minimum absolute atomic E-state index is 0. The quantitative estimate of drug-likeness (QED) is 0.142. The molecule has 0 aliphatic rings. The number of methoxy groups -OCH3 is 1. The van der Waals surface area contributed by atoms with E-state index in [0.717, 1.165) is 46.6 Å². The second kappa shape index (κ2) is 12.9. The maximum absolute atomic E-state index is 13.4. The van der Waals surface area contributed by atoms with Gasteiger partial charge < -0.3 is 14.9 Å². The summed E-state index contributed by atoms with van der Waals surface area (Å²) < 4.78 is 74.8. The molecule has 0 spiro atoms. The van der Waals surface area contributed by atoms with Crippen molar-refractivity contribution in [2.75, 3.05) is 7.11 Å². The number of aryl methyl sites for hydroxylation is 1. The molecule has 0 unspecified atom stereocenters. The molecule has 1 heterocycles. The molecule has 0 saturated heterocycles. The Hall–Kier alpha value is -2.32. The molecule has 0 N–H and O–H groups in total. The number of hydrogen-bond acceptors (Lipinski definition) is 6. The van der Waals surface area contributed by atoms with Gasteiger partial charge in [-0.1, -0.05) is 47.7 Å². The second-order valence-electron chi connectivity index (χ2n) is 7.92. The monoisotopic (exact) mass is 575 g/mol.